The van der Waals surface area contributed by atoms with Crippen LogP contribution in [0.5, 0.6) is 11.5 Å². The number of allylic oxidation sites excluding steroid dienone is 8. The maximum atomic E-state index is 15.6. The molecule has 8 nitrogen and oxygen atoms in total. The molecule has 2 saturated carbocycles. The molecule has 0 aromatic heterocycles. The fourth-order valence-corrected chi connectivity index (χ4v) is 8.09. The summed E-state index contributed by atoms with van der Waals surface area (Å²) < 4.78 is 11.2. The summed E-state index contributed by atoms with van der Waals surface area (Å²) in [7, 11) is 0. The van der Waals surface area contributed by atoms with Gasteiger partial charge in [-0.3, -0.25) is 24.0 Å². The summed E-state index contributed by atoms with van der Waals surface area (Å²) in [6.07, 6.45) is 9.17. The zero-order valence-corrected chi connectivity index (χ0v) is 35.2. The Balaban J connectivity index is 2.48. The van der Waals surface area contributed by atoms with Gasteiger partial charge in [-0.15, -0.1) is 0 Å². The van der Waals surface area contributed by atoms with E-state index in [0.29, 0.717) is 25.7 Å². The molecule has 8 heteroatoms. The molecular formula is C47H64O8. The molecule has 0 saturated heterocycles. The molecular weight excluding hydrogens is 693 g/mol. The quantitative estimate of drug-likeness (QED) is 0.0336. The van der Waals surface area contributed by atoms with E-state index in [9.17, 15) is 14.7 Å². The van der Waals surface area contributed by atoms with E-state index in [2.05, 4.69) is 32.6 Å². The van der Waals surface area contributed by atoms with Crippen LogP contribution in [-0.4, -0.2) is 34.4 Å². The fourth-order valence-electron chi connectivity index (χ4n) is 8.09. The molecule has 4 unspecified atom stereocenters. The highest BCUT2D eigenvalue weighted by Crippen LogP contribution is 2.61. The van der Waals surface area contributed by atoms with Crippen molar-refractivity contribution in [1.82, 2.24) is 0 Å². The number of carbonyl (C=O) groups is 5. The van der Waals surface area contributed by atoms with E-state index in [4.69, 9.17) is 9.47 Å². The van der Waals surface area contributed by atoms with Crippen LogP contribution in [0.2, 0.25) is 0 Å². The minimum Gasteiger partial charge on any atom is -0.506 e. The van der Waals surface area contributed by atoms with Gasteiger partial charge in [-0.25, -0.2) is 0 Å². The minimum absolute atomic E-state index is 0.0197. The largest absolute Gasteiger partial charge is 0.506 e. The van der Waals surface area contributed by atoms with Gasteiger partial charge in [0, 0.05) is 18.4 Å². The topological polar surface area (TPSA) is 124 Å². The smallest absolute Gasteiger partial charge is 0.311 e. The number of hydrogen-bond donors (Lipinski definition) is 1. The second-order valence-corrected chi connectivity index (χ2v) is 17.3. The number of ether oxygens (including phenoxy) is 2. The third-order valence-electron chi connectivity index (χ3n) is 11.2. The molecule has 3 rings (SSSR count). The molecule has 1 aromatic rings. The molecule has 0 aliphatic heterocycles. The summed E-state index contributed by atoms with van der Waals surface area (Å²) in [5, 5.41) is 12.3. The van der Waals surface area contributed by atoms with Crippen LogP contribution in [-0.2, 0) is 24.0 Å². The van der Waals surface area contributed by atoms with Crippen LogP contribution in [0.1, 0.15) is 146 Å². The summed E-state index contributed by atoms with van der Waals surface area (Å²) in [5.41, 5.74) is -0.286. The number of fused-ring (bicyclic) bond motifs is 2. The van der Waals surface area contributed by atoms with Gasteiger partial charge in [-0.1, -0.05) is 74.8 Å². The highest BCUT2D eigenvalue weighted by molar-refractivity contribution is 6.41. The Bertz CT molecular complexity index is 1800. The van der Waals surface area contributed by atoms with Crippen LogP contribution < -0.4 is 9.47 Å². The Morgan fingerprint density at radius 3 is 1.91 bits per heavy atom. The number of aliphatic hydroxyl groups is 1. The molecule has 1 aromatic carbocycles. The monoisotopic (exact) mass is 756 g/mol. The van der Waals surface area contributed by atoms with Gasteiger partial charge in [0.05, 0.1) is 10.8 Å². The SMILES string of the molecule is C=C(C)C(CC=C(C)C)CC12CC(CC=C(C)C)C(C)(C)CC(CC=C(C)C)(C(=O)C(=C(O)c3ccc(OC(=O)CCC)c(OC(=O)CCC)c3)C1=O)C2=O. The van der Waals surface area contributed by atoms with Gasteiger partial charge in [-0.05, 0) is 135 Å². The lowest BCUT2D eigenvalue weighted by molar-refractivity contribution is -0.156. The second-order valence-electron chi connectivity index (χ2n) is 17.3. The number of Topliss-reactive ketones (excluding diaryl/α,β-unsaturated/α-hetero) is 3. The molecule has 4 atom stereocenters. The summed E-state index contributed by atoms with van der Waals surface area (Å²) in [6, 6.07) is 4.12. The van der Waals surface area contributed by atoms with Crippen molar-refractivity contribution in [3.8, 4) is 11.5 Å². The molecule has 2 fully saturated rings. The van der Waals surface area contributed by atoms with E-state index >= 15 is 14.4 Å². The van der Waals surface area contributed by atoms with Crippen molar-refractivity contribution in [2.75, 3.05) is 0 Å². The third kappa shape index (κ3) is 10.3. The molecule has 55 heavy (non-hydrogen) atoms. The Hall–Kier alpha value is -4.33. The third-order valence-corrected chi connectivity index (χ3v) is 11.2. The maximum absolute atomic E-state index is 15.6. The van der Waals surface area contributed by atoms with Crippen molar-refractivity contribution in [3.63, 3.8) is 0 Å². The first-order valence-electron chi connectivity index (χ1n) is 19.8. The molecule has 0 heterocycles. The Morgan fingerprint density at radius 2 is 1.38 bits per heavy atom. The number of ketones is 3. The van der Waals surface area contributed by atoms with Crippen molar-refractivity contribution in [1.29, 1.82) is 0 Å². The van der Waals surface area contributed by atoms with E-state index in [0.717, 1.165) is 22.3 Å². The molecule has 0 spiro atoms. The molecule has 2 aliphatic rings. The van der Waals surface area contributed by atoms with Gasteiger partial charge in [0.25, 0.3) is 0 Å². The molecule has 0 amide bonds. The standard InChI is InChI=1S/C47H64O8/c1-13-15-38(48)54-36-22-20-33(25-37(36)55-39(49)16-14-2)41(50)40-42(51)46(24-23-31(7)8)28-45(11,12)35(21-18-30(5)6)27-47(43(40)52,44(46)53)26-34(32(9)10)19-17-29(3)4/h17-18,20,22-23,25,34-35,50H,9,13-16,19,21,24,26-28H2,1-8,10-12H3. The average Bonchev–Trinajstić information content (AvgIpc) is 3.14. The van der Waals surface area contributed by atoms with Crippen LogP contribution in [0.3, 0.4) is 0 Å². The van der Waals surface area contributed by atoms with Crippen LogP contribution in [0.4, 0.5) is 0 Å². The van der Waals surface area contributed by atoms with Crippen LogP contribution in [0.15, 0.2) is 70.9 Å². The van der Waals surface area contributed by atoms with E-state index < -0.39 is 51.1 Å². The van der Waals surface area contributed by atoms with Gasteiger partial charge in [0.2, 0.25) is 0 Å². The molecule has 2 bridgehead atoms. The first kappa shape index (κ1) is 45.1. The predicted molar refractivity (Wildman–Crippen MR) is 219 cm³/mol. The summed E-state index contributed by atoms with van der Waals surface area (Å²) in [6.45, 7) is 25.9. The fraction of sp³-hybridized carbons (Fsp3) is 0.553. The number of benzene rings is 1. The lowest BCUT2D eigenvalue weighted by Gasteiger charge is -2.45. The minimum atomic E-state index is -1.65. The van der Waals surface area contributed by atoms with Gasteiger partial charge in [0.1, 0.15) is 11.3 Å². The van der Waals surface area contributed by atoms with Gasteiger partial charge >= 0.3 is 11.9 Å². The van der Waals surface area contributed by atoms with Gasteiger partial charge < -0.3 is 14.6 Å². The van der Waals surface area contributed by atoms with E-state index in [1.54, 1.807) is 0 Å². The highest BCUT2D eigenvalue weighted by atomic mass is 16.6. The number of rotatable bonds is 16. The Kier molecular flexibility index (Phi) is 15.2. The first-order valence-corrected chi connectivity index (χ1v) is 19.8. The lowest BCUT2D eigenvalue weighted by atomic mass is 9.53. The summed E-state index contributed by atoms with van der Waals surface area (Å²) >= 11 is 0. The van der Waals surface area contributed by atoms with Crippen LogP contribution in [0.25, 0.3) is 5.76 Å². The van der Waals surface area contributed by atoms with E-state index in [1.165, 1.54) is 18.2 Å². The van der Waals surface area contributed by atoms with E-state index in [-0.39, 0.29) is 73.2 Å². The number of esters is 2. The summed E-state index contributed by atoms with van der Waals surface area (Å²) in [4.78, 5) is 71.5. The molecule has 0 radical (unpaired) electrons. The van der Waals surface area contributed by atoms with Gasteiger partial charge in [0.15, 0.2) is 28.8 Å². The normalized spacial score (nSPS) is 23.2. The lowest BCUT2D eigenvalue weighted by Crippen LogP contribution is -2.59. The molecule has 300 valence electrons. The van der Waals surface area contributed by atoms with Crippen LogP contribution >= 0.6 is 0 Å². The zero-order valence-electron chi connectivity index (χ0n) is 35.2. The zero-order chi connectivity index (χ0) is 41.5. The van der Waals surface area contributed by atoms with E-state index in [1.807, 2.05) is 68.4 Å². The average molecular weight is 757 g/mol. The maximum Gasteiger partial charge on any atom is 0.311 e. The number of carbonyl (C=O) groups excluding carboxylic acids is 5. The highest BCUT2D eigenvalue weighted by Gasteiger charge is 2.68. The summed E-state index contributed by atoms with van der Waals surface area (Å²) in [5.74, 6) is -4.05. The van der Waals surface area contributed by atoms with Crippen molar-refractivity contribution in [2.45, 2.75) is 140 Å². The van der Waals surface area contributed by atoms with Crippen molar-refractivity contribution in [2.24, 2.45) is 28.1 Å². The molecule has 1 N–H and O–H groups in total. The Labute approximate surface area is 329 Å². The first-order chi connectivity index (χ1) is 25.6. The number of aliphatic hydroxyl groups excluding tert-OH is 1. The predicted octanol–water partition coefficient (Wildman–Crippen LogP) is 11.1. The van der Waals surface area contributed by atoms with Crippen molar-refractivity contribution >= 4 is 35.0 Å². The van der Waals surface area contributed by atoms with Crippen molar-refractivity contribution < 1.29 is 38.6 Å². The second kappa shape index (κ2) is 18.5. The van der Waals surface area contributed by atoms with Crippen LogP contribution in [0, 0.1) is 28.1 Å². The van der Waals surface area contributed by atoms with Gasteiger partial charge in [-0.2, -0.15) is 0 Å². The number of hydrogen-bond acceptors (Lipinski definition) is 8. The Morgan fingerprint density at radius 1 is 0.836 bits per heavy atom. The van der Waals surface area contributed by atoms with Crippen molar-refractivity contribution in [3.05, 3.63) is 76.4 Å². The molecule has 2 aliphatic carbocycles.